The minimum absolute atomic E-state index is 0.388. The molecule has 1 unspecified atom stereocenters. The van der Waals surface area contributed by atoms with E-state index in [4.69, 9.17) is 22.1 Å². The van der Waals surface area contributed by atoms with Crippen molar-refractivity contribution in [1.29, 1.82) is 0 Å². The number of hydrogen-bond acceptors (Lipinski definition) is 4. The van der Waals surface area contributed by atoms with Crippen LogP contribution in [-0.4, -0.2) is 17.1 Å². The van der Waals surface area contributed by atoms with E-state index in [0.29, 0.717) is 16.6 Å². The zero-order valence-electron chi connectivity index (χ0n) is 9.30. The Morgan fingerprint density at radius 1 is 1.29 bits per heavy atom. The van der Waals surface area contributed by atoms with Crippen LogP contribution >= 0.6 is 11.6 Å². The van der Waals surface area contributed by atoms with Crippen molar-refractivity contribution in [3.05, 3.63) is 52.9 Å². The van der Waals surface area contributed by atoms with Crippen molar-refractivity contribution in [3.8, 4) is 5.88 Å². The standard InChI is InChI=1S/C12H12ClN3O/c1-17-11-6-10(15-7-16-11)12(14)8-4-2-3-5-9(8)13/h2-7,12H,14H2,1H3. The second kappa shape index (κ2) is 5.12. The molecule has 2 N–H and O–H groups in total. The molecule has 0 aliphatic rings. The van der Waals surface area contributed by atoms with E-state index < -0.39 is 0 Å². The molecule has 0 aliphatic carbocycles. The molecule has 4 nitrogen and oxygen atoms in total. The molecule has 2 rings (SSSR count). The zero-order valence-corrected chi connectivity index (χ0v) is 10.1. The quantitative estimate of drug-likeness (QED) is 0.906. The lowest BCUT2D eigenvalue weighted by Gasteiger charge is -2.13. The Morgan fingerprint density at radius 2 is 2.06 bits per heavy atom. The smallest absolute Gasteiger partial charge is 0.216 e. The van der Waals surface area contributed by atoms with Crippen molar-refractivity contribution in [2.24, 2.45) is 5.73 Å². The first-order chi connectivity index (χ1) is 8.22. The van der Waals surface area contributed by atoms with Crippen LogP contribution in [0.15, 0.2) is 36.7 Å². The third-order valence-corrected chi connectivity index (χ3v) is 2.78. The van der Waals surface area contributed by atoms with Crippen molar-refractivity contribution in [2.75, 3.05) is 7.11 Å². The Morgan fingerprint density at radius 3 is 2.76 bits per heavy atom. The first-order valence-electron chi connectivity index (χ1n) is 5.08. The Bertz CT molecular complexity index is 519. The Hall–Kier alpha value is -1.65. The van der Waals surface area contributed by atoms with Gasteiger partial charge in [0.2, 0.25) is 5.88 Å². The summed E-state index contributed by atoms with van der Waals surface area (Å²) in [5, 5.41) is 0.623. The fraction of sp³-hybridized carbons (Fsp3) is 0.167. The van der Waals surface area contributed by atoms with Gasteiger partial charge in [-0.1, -0.05) is 29.8 Å². The molecule has 5 heteroatoms. The fourth-order valence-corrected chi connectivity index (χ4v) is 1.78. The maximum atomic E-state index is 6.11. The highest BCUT2D eigenvalue weighted by atomic mass is 35.5. The van der Waals surface area contributed by atoms with Crippen molar-refractivity contribution in [2.45, 2.75) is 6.04 Å². The third kappa shape index (κ3) is 2.54. The molecule has 1 atom stereocenters. The molecule has 0 saturated heterocycles. The van der Waals surface area contributed by atoms with Gasteiger partial charge in [0.15, 0.2) is 0 Å². The summed E-state index contributed by atoms with van der Waals surface area (Å²) >= 11 is 6.09. The molecular formula is C12H12ClN3O. The highest BCUT2D eigenvalue weighted by Gasteiger charge is 2.14. The summed E-state index contributed by atoms with van der Waals surface area (Å²) in [6, 6.07) is 8.74. The summed E-state index contributed by atoms with van der Waals surface area (Å²) < 4.78 is 5.03. The fourth-order valence-electron chi connectivity index (χ4n) is 1.52. The molecule has 1 heterocycles. The molecule has 0 spiro atoms. The van der Waals surface area contributed by atoms with Gasteiger partial charge >= 0.3 is 0 Å². The van der Waals surface area contributed by atoms with Gasteiger partial charge in [-0.2, -0.15) is 0 Å². The first kappa shape index (κ1) is 11.8. The van der Waals surface area contributed by atoms with Crippen LogP contribution in [0.25, 0.3) is 0 Å². The molecule has 0 bridgehead atoms. The van der Waals surface area contributed by atoms with Crippen LogP contribution in [-0.2, 0) is 0 Å². The number of benzene rings is 1. The number of methoxy groups -OCH3 is 1. The molecule has 0 radical (unpaired) electrons. The summed E-state index contributed by atoms with van der Waals surface area (Å²) in [7, 11) is 1.55. The van der Waals surface area contributed by atoms with E-state index >= 15 is 0 Å². The lowest BCUT2D eigenvalue weighted by Crippen LogP contribution is -2.14. The van der Waals surface area contributed by atoms with E-state index in [-0.39, 0.29) is 6.04 Å². The molecular weight excluding hydrogens is 238 g/mol. The van der Waals surface area contributed by atoms with E-state index in [0.717, 1.165) is 5.56 Å². The van der Waals surface area contributed by atoms with Crippen LogP contribution < -0.4 is 10.5 Å². The summed E-state index contributed by atoms with van der Waals surface area (Å²) in [5.74, 6) is 0.484. The predicted octanol–water partition coefficient (Wildman–Crippen LogP) is 2.19. The number of hydrogen-bond donors (Lipinski definition) is 1. The van der Waals surface area contributed by atoms with Crippen LogP contribution in [0.2, 0.25) is 5.02 Å². The first-order valence-corrected chi connectivity index (χ1v) is 5.46. The van der Waals surface area contributed by atoms with Crippen molar-refractivity contribution in [1.82, 2.24) is 9.97 Å². The summed E-state index contributed by atoms with van der Waals surface area (Å²) in [6.07, 6.45) is 1.42. The molecule has 0 fully saturated rings. The van der Waals surface area contributed by atoms with Crippen LogP contribution in [0, 0.1) is 0 Å². The molecule has 0 saturated carbocycles. The van der Waals surface area contributed by atoms with E-state index in [1.54, 1.807) is 19.2 Å². The number of halogens is 1. The van der Waals surface area contributed by atoms with Crippen molar-refractivity contribution < 1.29 is 4.74 Å². The van der Waals surface area contributed by atoms with Crippen LogP contribution in [0.1, 0.15) is 17.3 Å². The second-order valence-corrected chi connectivity index (χ2v) is 3.89. The zero-order chi connectivity index (χ0) is 12.3. The highest BCUT2D eigenvalue weighted by molar-refractivity contribution is 6.31. The van der Waals surface area contributed by atoms with Gasteiger partial charge in [-0.05, 0) is 11.6 Å². The highest BCUT2D eigenvalue weighted by Crippen LogP contribution is 2.25. The largest absolute Gasteiger partial charge is 0.481 e. The molecule has 17 heavy (non-hydrogen) atoms. The SMILES string of the molecule is COc1cc(C(N)c2ccccc2Cl)ncn1. The van der Waals surface area contributed by atoms with E-state index in [1.165, 1.54) is 6.33 Å². The maximum absolute atomic E-state index is 6.11. The molecule has 1 aromatic heterocycles. The average Bonchev–Trinajstić information content (AvgIpc) is 2.38. The van der Waals surface area contributed by atoms with Gasteiger partial charge in [0.25, 0.3) is 0 Å². The van der Waals surface area contributed by atoms with Gasteiger partial charge < -0.3 is 10.5 Å². The maximum Gasteiger partial charge on any atom is 0.216 e. The molecule has 88 valence electrons. The van der Waals surface area contributed by atoms with E-state index in [2.05, 4.69) is 9.97 Å². The molecule has 0 amide bonds. The third-order valence-electron chi connectivity index (χ3n) is 2.43. The van der Waals surface area contributed by atoms with Crippen LogP contribution in [0.3, 0.4) is 0 Å². The van der Waals surface area contributed by atoms with E-state index in [9.17, 15) is 0 Å². The number of aromatic nitrogens is 2. The van der Waals surface area contributed by atoms with Crippen molar-refractivity contribution in [3.63, 3.8) is 0 Å². The summed E-state index contributed by atoms with van der Waals surface area (Å²) in [5.41, 5.74) is 7.61. The number of nitrogens with zero attached hydrogens (tertiary/aromatic N) is 2. The second-order valence-electron chi connectivity index (χ2n) is 3.48. The minimum atomic E-state index is -0.388. The van der Waals surface area contributed by atoms with Gasteiger partial charge in [-0.25, -0.2) is 9.97 Å². The number of rotatable bonds is 3. The van der Waals surface area contributed by atoms with Gasteiger partial charge in [0.1, 0.15) is 6.33 Å². The van der Waals surface area contributed by atoms with Gasteiger partial charge in [-0.3, -0.25) is 0 Å². The number of ether oxygens (including phenoxy) is 1. The summed E-state index contributed by atoms with van der Waals surface area (Å²) in [6.45, 7) is 0. The molecule has 2 aromatic rings. The lowest BCUT2D eigenvalue weighted by atomic mass is 10.0. The van der Waals surface area contributed by atoms with Gasteiger partial charge in [0.05, 0.1) is 18.8 Å². The predicted molar refractivity (Wildman–Crippen MR) is 66.1 cm³/mol. The minimum Gasteiger partial charge on any atom is -0.481 e. The normalized spacial score (nSPS) is 12.2. The Balaban J connectivity index is 2.37. The molecule has 1 aromatic carbocycles. The Kier molecular flexibility index (Phi) is 3.56. The van der Waals surface area contributed by atoms with Crippen molar-refractivity contribution >= 4 is 11.6 Å². The average molecular weight is 250 g/mol. The monoisotopic (exact) mass is 249 g/mol. The van der Waals surface area contributed by atoms with E-state index in [1.807, 2.05) is 18.2 Å². The molecule has 0 aliphatic heterocycles. The lowest BCUT2D eigenvalue weighted by molar-refractivity contribution is 0.395. The summed E-state index contributed by atoms with van der Waals surface area (Å²) in [4.78, 5) is 8.06. The number of nitrogens with two attached hydrogens (primary N) is 1. The van der Waals surface area contributed by atoms with Gasteiger partial charge in [0, 0.05) is 11.1 Å². The van der Waals surface area contributed by atoms with Crippen LogP contribution in [0.4, 0.5) is 0 Å². The topological polar surface area (TPSA) is 61.0 Å². The van der Waals surface area contributed by atoms with Crippen LogP contribution in [0.5, 0.6) is 5.88 Å². The van der Waals surface area contributed by atoms with Gasteiger partial charge in [-0.15, -0.1) is 0 Å². The Labute approximate surface area is 104 Å².